The Balaban J connectivity index is 2.95. The van der Waals surface area contributed by atoms with Gasteiger partial charge in [-0.25, -0.2) is 0 Å². The molecule has 0 aromatic carbocycles. The molecule has 0 amide bonds. The van der Waals surface area contributed by atoms with Crippen LogP contribution < -0.4 is 10.6 Å². The Bertz CT molecular complexity index is 159. The minimum absolute atomic E-state index is 0.662. The average Bonchev–Trinajstić information content (AvgIpc) is 2.43. The molecule has 0 bridgehead atoms. The highest BCUT2D eigenvalue weighted by molar-refractivity contribution is 4.59. The van der Waals surface area contributed by atoms with E-state index in [4.69, 9.17) is 0 Å². The Morgan fingerprint density at radius 2 is 1.26 bits per heavy atom. The first-order valence-electron chi connectivity index (χ1n) is 8.75. The summed E-state index contributed by atoms with van der Waals surface area (Å²) in [6, 6.07) is 0.662. The van der Waals surface area contributed by atoms with E-state index in [9.17, 15) is 0 Å². The van der Waals surface area contributed by atoms with Crippen molar-refractivity contribution in [2.75, 3.05) is 19.6 Å². The van der Waals surface area contributed by atoms with Gasteiger partial charge in [-0.3, -0.25) is 0 Å². The van der Waals surface area contributed by atoms with Crippen LogP contribution >= 0.6 is 0 Å². The van der Waals surface area contributed by atoms with Crippen LogP contribution in [0.1, 0.15) is 85.0 Å². The maximum Gasteiger partial charge on any atom is 0.00792 e. The number of rotatable bonds is 15. The predicted octanol–water partition coefficient (Wildman–Crippen LogP) is 4.49. The molecule has 0 radical (unpaired) electrons. The monoisotopic (exact) mass is 270 g/mol. The molecule has 0 aromatic heterocycles. The Morgan fingerprint density at radius 3 is 1.84 bits per heavy atom. The third kappa shape index (κ3) is 15.9. The van der Waals surface area contributed by atoms with Gasteiger partial charge in [-0.05, 0) is 26.3 Å². The van der Waals surface area contributed by atoms with Gasteiger partial charge in [-0.15, -0.1) is 0 Å². The Hall–Kier alpha value is -0.0800. The van der Waals surface area contributed by atoms with E-state index in [2.05, 4.69) is 31.4 Å². The molecule has 0 fully saturated rings. The van der Waals surface area contributed by atoms with Gasteiger partial charge in [-0.1, -0.05) is 65.2 Å². The molecule has 0 aliphatic carbocycles. The first-order chi connectivity index (χ1) is 9.31. The fraction of sp³-hybridized carbons (Fsp3) is 1.00. The summed E-state index contributed by atoms with van der Waals surface area (Å²) in [5, 5.41) is 7.03. The lowest BCUT2D eigenvalue weighted by molar-refractivity contribution is 0.506. The standard InChI is InChI=1S/C17H38N2/c1-4-6-7-8-9-10-11-12-13-14-18-15-16-19-17(3)5-2/h17-19H,4-16H2,1-3H3. The summed E-state index contributed by atoms with van der Waals surface area (Å²) in [6.07, 6.45) is 14.0. The van der Waals surface area contributed by atoms with Gasteiger partial charge in [0.25, 0.3) is 0 Å². The highest BCUT2D eigenvalue weighted by Gasteiger charge is 1.95. The van der Waals surface area contributed by atoms with Gasteiger partial charge in [0.1, 0.15) is 0 Å². The average molecular weight is 271 g/mol. The summed E-state index contributed by atoms with van der Waals surface area (Å²) >= 11 is 0. The topological polar surface area (TPSA) is 24.1 Å². The SMILES string of the molecule is CCCCCCCCCCCNCCNC(C)CC. The van der Waals surface area contributed by atoms with Crippen molar-refractivity contribution in [2.24, 2.45) is 0 Å². The quantitative estimate of drug-likeness (QED) is 0.428. The molecule has 0 aliphatic rings. The van der Waals surface area contributed by atoms with Crippen molar-refractivity contribution in [3.05, 3.63) is 0 Å². The van der Waals surface area contributed by atoms with Crippen molar-refractivity contribution in [1.29, 1.82) is 0 Å². The number of nitrogens with one attached hydrogen (secondary N) is 2. The van der Waals surface area contributed by atoms with Crippen molar-refractivity contribution >= 4 is 0 Å². The van der Waals surface area contributed by atoms with E-state index in [1.54, 1.807) is 0 Å². The highest BCUT2D eigenvalue weighted by Crippen LogP contribution is 2.09. The molecule has 0 saturated heterocycles. The zero-order chi connectivity index (χ0) is 14.2. The Kier molecular flexibility index (Phi) is 15.9. The zero-order valence-corrected chi connectivity index (χ0v) is 13.8. The van der Waals surface area contributed by atoms with Crippen LogP contribution in [0.2, 0.25) is 0 Å². The molecule has 0 rings (SSSR count). The van der Waals surface area contributed by atoms with E-state index in [1.165, 1.54) is 70.8 Å². The van der Waals surface area contributed by atoms with Crippen molar-refractivity contribution in [2.45, 2.75) is 91.0 Å². The predicted molar refractivity (Wildman–Crippen MR) is 87.9 cm³/mol. The molecule has 1 atom stereocenters. The van der Waals surface area contributed by atoms with E-state index in [0.29, 0.717) is 6.04 Å². The molecule has 0 spiro atoms. The van der Waals surface area contributed by atoms with Crippen LogP contribution in [0, 0.1) is 0 Å². The van der Waals surface area contributed by atoms with Crippen LogP contribution in [-0.2, 0) is 0 Å². The summed E-state index contributed by atoms with van der Waals surface area (Å²) in [5.41, 5.74) is 0. The van der Waals surface area contributed by atoms with Crippen LogP contribution in [0.15, 0.2) is 0 Å². The largest absolute Gasteiger partial charge is 0.315 e. The van der Waals surface area contributed by atoms with Crippen molar-refractivity contribution in [3.8, 4) is 0 Å². The van der Waals surface area contributed by atoms with Crippen LogP contribution in [0.25, 0.3) is 0 Å². The van der Waals surface area contributed by atoms with Crippen LogP contribution in [0.5, 0.6) is 0 Å². The summed E-state index contributed by atoms with van der Waals surface area (Å²) in [5.74, 6) is 0. The van der Waals surface area contributed by atoms with Crippen molar-refractivity contribution < 1.29 is 0 Å². The Morgan fingerprint density at radius 1 is 0.684 bits per heavy atom. The highest BCUT2D eigenvalue weighted by atomic mass is 15.0. The molecule has 0 heterocycles. The Labute approximate surface area is 122 Å². The second kappa shape index (κ2) is 16.0. The third-order valence-electron chi connectivity index (χ3n) is 3.86. The van der Waals surface area contributed by atoms with Crippen molar-refractivity contribution in [3.63, 3.8) is 0 Å². The lowest BCUT2D eigenvalue weighted by Crippen LogP contribution is -2.33. The fourth-order valence-electron chi connectivity index (χ4n) is 2.24. The second-order valence-electron chi connectivity index (χ2n) is 5.84. The first kappa shape index (κ1) is 18.9. The zero-order valence-electron chi connectivity index (χ0n) is 13.8. The summed E-state index contributed by atoms with van der Waals surface area (Å²) in [7, 11) is 0. The smallest absolute Gasteiger partial charge is 0.00792 e. The van der Waals surface area contributed by atoms with Gasteiger partial charge in [-0.2, -0.15) is 0 Å². The number of unbranched alkanes of at least 4 members (excludes halogenated alkanes) is 8. The molecule has 0 aromatic rings. The molecular weight excluding hydrogens is 232 g/mol. The normalized spacial score (nSPS) is 12.8. The van der Waals surface area contributed by atoms with Gasteiger partial charge in [0.2, 0.25) is 0 Å². The molecule has 1 unspecified atom stereocenters. The molecule has 2 N–H and O–H groups in total. The van der Waals surface area contributed by atoms with E-state index in [0.717, 1.165) is 13.1 Å². The molecule has 0 aliphatic heterocycles. The van der Waals surface area contributed by atoms with Crippen LogP contribution in [0.3, 0.4) is 0 Å². The maximum atomic E-state index is 3.52. The van der Waals surface area contributed by atoms with Gasteiger partial charge < -0.3 is 10.6 Å². The fourth-order valence-corrected chi connectivity index (χ4v) is 2.24. The molecule has 19 heavy (non-hydrogen) atoms. The van der Waals surface area contributed by atoms with Crippen molar-refractivity contribution in [1.82, 2.24) is 10.6 Å². The van der Waals surface area contributed by atoms with Crippen LogP contribution in [-0.4, -0.2) is 25.7 Å². The minimum atomic E-state index is 0.662. The van der Waals surface area contributed by atoms with Gasteiger partial charge in [0.05, 0.1) is 0 Å². The van der Waals surface area contributed by atoms with Gasteiger partial charge in [0.15, 0.2) is 0 Å². The lowest BCUT2D eigenvalue weighted by Gasteiger charge is -2.11. The van der Waals surface area contributed by atoms with Crippen LogP contribution in [0.4, 0.5) is 0 Å². The summed E-state index contributed by atoms with van der Waals surface area (Å²) in [4.78, 5) is 0. The first-order valence-corrected chi connectivity index (χ1v) is 8.75. The summed E-state index contributed by atoms with van der Waals surface area (Å²) < 4.78 is 0. The maximum absolute atomic E-state index is 3.52. The molecule has 2 nitrogen and oxygen atoms in total. The van der Waals surface area contributed by atoms with E-state index in [-0.39, 0.29) is 0 Å². The van der Waals surface area contributed by atoms with E-state index >= 15 is 0 Å². The van der Waals surface area contributed by atoms with Gasteiger partial charge in [0, 0.05) is 19.1 Å². The lowest BCUT2D eigenvalue weighted by atomic mass is 10.1. The van der Waals surface area contributed by atoms with E-state index in [1.807, 2.05) is 0 Å². The third-order valence-corrected chi connectivity index (χ3v) is 3.86. The number of hydrogen-bond acceptors (Lipinski definition) is 2. The molecule has 2 heteroatoms. The minimum Gasteiger partial charge on any atom is -0.315 e. The number of hydrogen-bond donors (Lipinski definition) is 2. The molecule has 116 valence electrons. The molecule has 0 saturated carbocycles. The van der Waals surface area contributed by atoms with E-state index < -0.39 is 0 Å². The molecular formula is C17H38N2. The summed E-state index contributed by atoms with van der Waals surface area (Å²) in [6.45, 7) is 10.2. The second-order valence-corrected chi connectivity index (χ2v) is 5.84. The van der Waals surface area contributed by atoms with Gasteiger partial charge >= 0.3 is 0 Å².